The van der Waals surface area contributed by atoms with Crippen molar-refractivity contribution in [2.24, 2.45) is 0 Å². The number of carbonyl (C=O) groups excluding carboxylic acids is 4. The molecule has 3 saturated heterocycles. The number of benzene rings is 2. The number of nitrogens with one attached hydrogen (secondary N) is 2. The van der Waals surface area contributed by atoms with Gasteiger partial charge in [-0.05, 0) is 50.7 Å². The highest BCUT2D eigenvalue weighted by molar-refractivity contribution is 6.01. The standard InChI is InChI=1S/C15H17F2N3O2.C9H9NO.C5H9NO2/c1-18-8-6-20(7-8)9-4-11(16)14(12(17)5-9)10-2-3-13(21)19-15(10)22;11-7-10-6-5-8-3-1-2-4-9(8)10;1-6-2-5(3-6)8-4-7/h4-5,8,10,18H,2-3,6-7H2,1H3,(H,19,21,22);1-4,7H,5-6H2;4-5H,2-3H2,1H3. The van der Waals surface area contributed by atoms with Gasteiger partial charge in [0.2, 0.25) is 18.2 Å². The normalized spacial score (nSPS) is 20.3. The zero-order chi connectivity index (χ0) is 29.5. The van der Waals surface area contributed by atoms with Gasteiger partial charge in [0.25, 0.3) is 6.47 Å². The minimum atomic E-state index is -0.951. The smallest absolute Gasteiger partial charge is 0.293 e. The average molecular weight is 572 g/mol. The number of hydrogen-bond donors (Lipinski definition) is 2. The van der Waals surface area contributed by atoms with E-state index in [4.69, 9.17) is 0 Å². The van der Waals surface area contributed by atoms with Crippen LogP contribution in [0.2, 0.25) is 0 Å². The Hall–Kier alpha value is -3.90. The number of fused-ring (bicyclic) bond motifs is 1. The highest BCUT2D eigenvalue weighted by atomic mass is 19.1. The van der Waals surface area contributed by atoms with E-state index in [1.165, 1.54) is 17.7 Å². The Balaban J connectivity index is 0.000000168. The fraction of sp³-hybridized carbons (Fsp3) is 0.448. The number of hydrogen-bond acceptors (Lipinski definition) is 8. The van der Waals surface area contributed by atoms with Gasteiger partial charge in [-0.25, -0.2) is 8.78 Å². The number of piperidine rings is 1. The number of rotatable bonds is 6. The van der Waals surface area contributed by atoms with Crippen LogP contribution in [0.1, 0.15) is 29.9 Å². The number of halogens is 2. The number of likely N-dealkylation sites (N-methyl/N-ethyl adjacent to an activating group) is 2. The molecule has 1 unspecified atom stereocenters. The van der Waals surface area contributed by atoms with Crippen LogP contribution in [0.15, 0.2) is 36.4 Å². The van der Waals surface area contributed by atoms with E-state index in [-0.39, 0.29) is 24.5 Å². The minimum Gasteiger partial charge on any atom is -0.462 e. The second-order valence-electron chi connectivity index (χ2n) is 10.5. The van der Waals surface area contributed by atoms with Crippen molar-refractivity contribution in [2.45, 2.75) is 37.3 Å². The van der Waals surface area contributed by atoms with E-state index in [9.17, 15) is 28.0 Å². The SMILES string of the molecule is CN1CC(OC=O)C1.CNC1CN(c2cc(F)c(C3CCC(=O)NC3=O)c(F)c2)C1.O=CN1CCc2ccccc21. The van der Waals surface area contributed by atoms with Crippen molar-refractivity contribution in [3.63, 3.8) is 0 Å². The molecule has 2 aromatic carbocycles. The molecule has 2 N–H and O–H groups in total. The maximum Gasteiger partial charge on any atom is 0.293 e. The Bertz CT molecular complexity index is 1240. The lowest BCUT2D eigenvalue weighted by molar-refractivity contribution is -0.140. The largest absolute Gasteiger partial charge is 0.462 e. The molecule has 2 aromatic rings. The lowest BCUT2D eigenvalue weighted by Crippen LogP contribution is -2.57. The molecule has 10 nitrogen and oxygen atoms in total. The van der Waals surface area contributed by atoms with Crippen LogP contribution in [-0.2, 0) is 30.3 Å². The quantitative estimate of drug-likeness (QED) is 0.397. The molecule has 3 fully saturated rings. The van der Waals surface area contributed by atoms with E-state index in [1.807, 2.05) is 37.2 Å². The number of nitrogens with zero attached hydrogens (tertiary/aromatic N) is 3. The van der Waals surface area contributed by atoms with Crippen LogP contribution in [0.4, 0.5) is 20.2 Å². The molecule has 1 atom stereocenters. The Morgan fingerprint density at radius 2 is 1.71 bits per heavy atom. The van der Waals surface area contributed by atoms with Gasteiger partial charge in [-0.2, -0.15) is 0 Å². The molecule has 12 heteroatoms. The number of amides is 3. The van der Waals surface area contributed by atoms with E-state index in [0.717, 1.165) is 38.2 Å². The van der Waals surface area contributed by atoms with Crippen molar-refractivity contribution in [2.75, 3.05) is 56.6 Å². The lowest BCUT2D eigenvalue weighted by Gasteiger charge is -2.41. The first-order valence-electron chi connectivity index (χ1n) is 13.6. The van der Waals surface area contributed by atoms with E-state index < -0.39 is 29.4 Å². The van der Waals surface area contributed by atoms with Gasteiger partial charge >= 0.3 is 0 Å². The second kappa shape index (κ2) is 13.6. The monoisotopic (exact) mass is 571 g/mol. The third-order valence-corrected chi connectivity index (χ3v) is 7.64. The number of para-hydroxylation sites is 1. The Labute approximate surface area is 237 Å². The zero-order valence-corrected chi connectivity index (χ0v) is 23.1. The maximum atomic E-state index is 14.3. The van der Waals surface area contributed by atoms with Gasteiger partial charge < -0.3 is 19.9 Å². The fourth-order valence-corrected chi connectivity index (χ4v) is 5.21. The summed E-state index contributed by atoms with van der Waals surface area (Å²) >= 11 is 0. The maximum absolute atomic E-state index is 14.3. The molecule has 0 saturated carbocycles. The molecule has 41 heavy (non-hydrogen) atoms. The van der Waals surface area contributed by atoms with E-state index in [2.05, 4.69) is 26.3 Å². The molecule has 0 spiro atoms. The molecule has 220 valence electrons. The summed E-state index contributed by atoms with van der Waals surface area (Å²) in [6.07, 6.45) is 2.27. The summed E-state index contributed by atoms with van der Waals surface area (Å²) in [6.45, 7) is 4.50. The molecule has 0 radical (unpaired) electrons. The molecule has 0 aliphatic carbocycles. The fourth-order valence-electron chi connectivity index (χ4n) is 5.21. The molecule has 4 aliphatic rings. The van der Waals surface area contributed by atoms with Gasteiger partial charge in [-0.1, -0.05) is 18.2 Å². The van der Waals surface area contributed by atoms with E-state index in [0.29, 0.717) is 31.3 Å². The van der Waals surface area contributed by atoms with Crippen LogP contribution in [0.3, 0.4) is 0 Å². The summed E-state index contributed by atoms with van der Waals surface area (Å²) in [4.78, 5) is 48.8. The van der Waals surface area contributed by atoms with Crippen LogP contribution < -0.4 is 20.4 Å². The predicted octanol–water partition coefficient (Wildman–Crippen LogP) is 1.57. The highest BCUT2D eigenvalue weighted by Crippen LogP contribution is 2.33. The van der Waals surface area contributed by atoms with Crippen LogP contribution in [0.5, 0.6) is 0 Å². The van der Waals surface area contributed by atoms with Gasteiger partial charge in [-0.15, -0.1) is 0 Å². The number of ether oxygens (including phenoxy) is 1. The van der Waals surface area contributed by atoms with Gasteiger partial charge in [0.15, 0.2) is 0 Å². The number of anilines is 2. The topological polar surface area (TPSA) is 111 Å². The number of imide groups is 1. The van der Waals surface area contributed by atoms with Crippen molar-refractivity contribution < 1.29 is 32.7 Å². The van der Waals surface area contributed by atoms with Gasteiger partial charge in [0.05, 0.1) is 5.92 Å². The summed E-state index contributed by atoms with van der Waals surface area (Å²) in [6, 6.07) is 10.9. The van der Waals surface area contributed by atoms with Crippen molar-refractivity contribution in [3.8, 4) is 0 Å². The number of carbonyl (C=O) groups is 4. The van der Waals surface area contributed by atoms with Crippen molar-refractivity contribution in [1.29, 1.82) is 0 Å². The Morgan fingerprint density at radius 3 is 2.29 bits per heavy atom. The first-order chi connectivity index (χ1) is 19.7. The van der Waals surface area contributed by atoms with Gasteiger partial charge in [-0.3, -0.25) is 29.4 Å². The summed E-state index contributed by atoms with van der Waals surface area (Å²) < 4.78 is 33.3. The minimum absolute atomic E-state index is 0.0903. The van der Waals surface area contributed by atoms with Crippen LogP contribution in [-0.4, -0.2) is 88.6 Å². The first kappa shape index (κ1) is 30.1. The van der Waals surface area contributed by atoms with Gasteiger partial charge in [0.1, 0.15) is 17.7 Å². The second-order valence-corrected chi connectivity index (χ2v) is 10.5. The van der Waals surface area contributed by atoms with Crippen molar-refractivity contribution in [1.82, 2.24) is 15.5 Å². The summed E-state index contributed by atoms with van der Waals surface area (Å²) in [7, 11) is 3.83. The first-order valence-corrected chi connectivity index (χ1v) is 13.6. The zero-order valence-electron chi connectivity index (χ0n) is 23.1. The van der Waals surface area contributed by atoms with Crippen LogP contribution in [0, 0.1) is 11.6 Å². The average Bonchev–Trinajstić information content (AvgIpc) is 3.32. The number of likely N-dealkylation sites (tertiary alicyclic amines) is 1. The Kier molecular flexibility index (Phi) is 10.0. The molecular weight excluding hydrogens is 536 g/mol. The summed E-state index contributed by atoms with van der Waals surface area (Å²) in [5, 5.41) is 5.21. The molecule has 6 rings (SSSR count). The molecule has 4 aliphatic heterocycles. The molecule has 4 heterocycles. The molecule has 3 amide bonds. The summed E-state index contributed by atoms with van der Waals surface area (Å²) in [5.41, 5.74) is 2.57. The Morgan fingerprint density at radius 1 is 1.02 bits per heavy atom. The predicted molar refractivity (Wildman–Crippen MR) is 149 cm³/mol. The van der Waals surface area contributed by atoms with E-state index in [1.54, 1.807) is 4.90 Å². The third-order valence-electron chi connectivity index (χ3n) is 7.64. The van der Waals surface area contributed by atoms with Crippen molar-refractivity contribution >= 4 is 36.1 Å². The van der Waals surface area contributed by atoms with Crippen molar-refractivity contribution in [3.05, 3.63) is 59.2 Å². The lowest BCUT2D eigenvalue weighted by atomic mass is 9.89. The van der Waals surface area contributed by atoms with Crippen LogP contribution >= 0.6 is 0 Å². The van der Waals surface area contributed by atoms with Crippen LogP contribution in [0.25, 0.3) is 0 Å². The van der Waals surface area contributed by atoms with Gasteiger partial charge in [0, 0.05) is 62.1 Å². The molecular formula is C29H35F2N5O5. The van der Waals surface area contributed by atoms with E-state index >= 15 is 0 Å². The molecule has 0 aromatic heterocycles. The summed E-state index contributed by atoms with van der Waals surface area (Å²) in [5.74, 6) is -3.47. The highest BCUT2D eigenvalue weighted by Gasteiger charge is 2.34. The third kappa shape index (κ3) is 7.25. The molecule has 0 bridgehead atoms.